The zero-order valence-electron chi connectivity index (χ0n) is 8.04. The van der Waals surface area contributed by atoms with Crippen molar-refractivity contribution >= 4 is 5.82 Å². The molecular formula is C9H12FN3O2. The molecule has 82 valence electrons. The largest absolute Gasteiger partial charge is 0.394 e. The van der Waals surface area contributed by atoms with E-state index in [0.29, 0.717) is 18.8 Å². The molecule has 2 atom stereocenters. The van der Waals surface area contributed by atoms with Crippen LogP contribution in [0.15, 0.2) is 12.3 Å². The summed E-state index contributed by atoms with van der Waals surface area (Å²) in [5, 5.41) is 18.5. The molecule has 0 spiro atoms. The average molecular weight is 213 g/mol. The number of nitrogens with zero attached hydrogens (tertiary/aromatic N) is 3. The predicted octanol–water partition coefficient (Wildman–Crippen LogP) is -0.452. The van der Waals surface area contributed by atoms with Gasteiger partial charge in [-0.05, 0) is 12.5 Å². The Labute approximate surface area is 86.2 Å². The second-order valence-electron chi connectivity index (χ2n) is 3.56. The van der Waals surface area contributed by atoms with E-state index in [9.17, 15) is 9.50 Å². The van der Waals surface area contributed by atoms with Gasteiger partial charge in [-0.2, -0.15) is 9.37 Å². The molecule has 2 heterocycles. The van der Waals surface area contributed by atoms with E-state index < -0.39 is 12.2 Å². The topological polar surface area (TPSA) is 69.5 Å². The van der Waals surface area contributed by atoms with E-state index in [0.717, 1.165) is 0 Å². The van der Waals surface area contributed by atoms with E-state index in [-0.39, 0.29) is 12.6 Å². The lowest BCUT2D eigenvalue weighted by Gasteiger charge is -2.23. The fourth-order valence-corrected chi connectivity index (χ4v) is 1.83. The molecule has 1 aromatic heterocycles. The summed E-state index contributed by atoms with van der Waals surface area (Å²) in [6, 6.07) is 1.36. The minimum Gasteiger partial charge on any atom is -0.394 e. The molecular weight excluding hydrogens is 201 g/mol. The molecule has 2 N–H and O–H groups in total. The molecule has 1 fully saturated rings. The molecule has 2 rings (SSSR count). The van der Waals surface area contributed by atoms with Crippen LogP contribution in [-0.2, 0) is 0 Å². The maximum atomic E-state index is 12.8. The number of aromatic nitrogens is 2. The summed E-state index contributed by atoms with van der Waals surface area (Å²) in [4.78, 5) is 8.66. The van der Waals surface area contributed by atoms with Crippen molar-refractivity contribution in [3.63, 3.8) is 0 Å². The minimum absolute atomic E-state index is 0.0807. The zero-order chi connectivity index (χ0) is 10.8. The molecule has 1 aliphatic rings. The van der Waals surface area contributed by atoms with Crippen molar-refractivity contribution in [3.05, 3.63) is 18.3 Å². The van der Waals surface area contributed by atoms with Gasteiger partial charge in [-0.25, -0.2) is 4.98 Å². The average Bonchev–Trinajstić information content (AvgIpc) is 2.59. The third-order valence-electron chi connectivity index (χ3n) is 2.51. The maximum Gasteiger partial charge on any atom is 0.310 e. The molecule has 0 aromatic carbocycles. The van der Waals surface area contributed by atoms with Crippen LogP contribution in [0, 0.1) is 6.08 Å². The Bertz CT molecular complexity index is 350. The second-order valence-corrected chi connectivity index (χ2v) is 3.56. The Balaban J connectivity index is 2.22. The van der Waals surface area contributed by atoms with E-state index in [1.807, 2.05) is 0 Å². The number of halogens is 1. The first-order chi connectivity index (χ1) is 7.20. The summed E-state index contributed by atoms with van der Waals surface area (Å²) in [6.07, 6.45) is 0.490. The number of rotatable bonds is 2. The molecule has 0 bridgehead atoms. The van der Waals surface area contributed by atoms with E-state index in [4.69, 9.17) is 5.11 Å². The number of β-amino-alcohol motifs (C(OH)–C–C–N with tert-alkyl or cyclic N) is 1. The van der Waals surface area contributed by atoms with Crippen LogP contribution in [0.25, 0.3) is 0 Å². The highest BCUT2D eigenvalue weighted by Gasteiger charge is 2.31. The van der Waals surface area contributed by atoms with Gasteiger partial charge in [-0.1, -0.05) is 0 Å². The summed E-state index contributed by atoms with van der Waals surface area (Å²) in [5.74, 6) is 0.401. The minimum atomic E-state index is -0.800. The highest BCUT2D eigenvalue weighted by atomic mass is 19.1. The third-order valence-corrected chi connectivity index (χ3v) is 2.51. The molecule has 0 amide bonds. The van der Waals surface area contributed by atoms with Crippen molar-refractivity contribution < 1.29 is 14.6 Å². The van der Waals surface area contributed by atoms with Crippen LogP contribution >= 0.6 is 0 Å². The predicted molar refractivity (Wildman–Crippen MR) is 50.8 cm³/mol. The van der Waals surface area contributed by atoms with Crippen LogP contribution in [-0.4, -0.2) is 45.5 Å². The summed E-state index contributed by atoms with van der Waals surface area (Å²) in [6.45, 7) is 0.282. The van der Waals surface area contributed by atoms with Crippen LogP contribution in [0.3, 0.4) is 0 Å². The lowest BCUT2D eigenvalue weighted by Crippen LogP contribution is -2.33. The van der Waals surface area contributed by atoms with Gasteiger partial charge in [0.05, 0.1) is 18.8 Å². The fraction of sp³-hybridized carbons (Fsp3) is 0.556. The van der Waals surface area contributed by atoms with Crippen molar-refractivity contribution in [1.29, 1.82) is 0 Å². The molecule has 0 saturated carbocycles. The Morgan fingerprint density at radius 1 is 1.60 bits per heavy atom. The van der Waals surface area contributed by atoms with Crippen LogP contribution in [0.4, 0.5) is 10.2 Å². The van der Waals surface area contributed by atoms with Crippen LogP contribution in [0.1, 0.15) is 6.42 Å². The van der Waals surface area contributed by atoms with Gasteiger partial charge in [-0.15, -0.1) is 0 Å². The van der Waals surface area contributed by atoms with Gasteiger partial charge < -0.3 is 15.1 Å². The first-order valence-corrected chi connectivity index (χ1v) is 4.75. The summed E-state index contributed by atoms with van der Waals surface area (Å²) >= 11 is 0. The van der Waals surface area contributed by atoms with Crippen molar-refractivity contribution in [2.45, 2.75) is 18.6 Å². The van der Waals surface area contributed by atoms with Gasteiger partial charge in [-0.3, -0.25) is 0 Å². The number of aliphatic hydroxyl groups is 2. The van der Waals surface area contributed by atoms with Crippen LogP contribution < -0.4 is 4.90 Å². The third kappa shape index (κ3) is 2.05. The van der Waals surface area contributed by atoms with E-state index in [1.54, 1.807) is 11.0 Å². The van der Waals surface area contributed by atoms with E-state index in [2.05, 4.69) is 9.97 Å². The zero-order valence-corrected chi connectivity index (χ0v) is 8.04. The van der Waals surface area contributed by atoms with Gasteiger partial charge in [0.15, 0.2) is 0 Å². The number of hydrogen-bond donors (Lipinski definition) is 2. The Kier molecular flexibility index (Phi) is 2.79. The lowest BCUT2D eigenvalue weighted by molar-refractivity contribution is 0.184. The van der Waals surface area contributed by atoms with Crippen molar-refractivity contribution in [2.24, 2.45) is 0 Å². The molecule has 1 saturated heterocycles. The van der Waals surface area contributed by atoms with E-state index in [1.165, 1.54) is 6.20 Å². The highest BCUT2D eigenvalue weighted by molar-refractivity contribution is 5.40. The molecule has 0 radical (unpaired) electrons. The fourth-order valence-electron chi connectivity index (χ4n) is 1.83. The summed E-state index contributed by atoms with van der Waals surface area (Å²) in [5.41, 5.74) is 0. The monoisotopic (exact) mass is 213 g/mol. The Morgan fingerprint density at radius 2 is 2.40 bits per heavy atom. The molecule has 15 heavy (non-hydrogen) atoms. The SMILES string of the molecule is OCC1CC(O)CN1c1ccnc(F)n1. The normalized spacial score (nSPS) is 25.9. The maximum absolute atomic E-state index is 12.8. The van der Waals surface area contributed by atoms with Gasteiger partial charge >= 0.3 is 6.08 Å². The van der Waals surface area contributed by atoms with E-state index >= 15 is 0 Å². The number of aliphatic hydroxyl groups excluding tert-OH is 2. The van der Waals surface area contributed by atoms with Crippen molar-refractivity contribution in [1.82, 2.24) is 9.97 Å². The second kappa shape index (κ2) is 4.08. The molecule has 6 heteroatoms. The number of hydrogen-bond acceptors (Lipinski definition) is 5. The van der Waals surface area contributed by atoms with Crippen LogP contribution in [0.5, 0.6) is 0 Å². The molecule has 0 aliphatic carbocycles. The molecule has 5 nitrogen and oxygen atoms in total. The molecule has 2 unspecified atom stereocenters. The summed E-state index contributed by atoms with van der Waals surface area (Å²) < 4.78 is 12.8. The summed E-state index contributed by atoms with van der Waals surface area (Å²) in [7, 11) is 0. The first kappa shape index (κ1) is 10.3. The van der Waals surface area contributed by atoms with Gasteiger partial charge in [0.1, 0.15) is 5.82 Å². The Morgan fingerprint density at radius 3 is 3.07 bits per heavy atom. The molecule has 1 aliphatic heterocycles. The van der Waals surface area contributed by atoms with Gasteiger partial charge in [0.25, 0.3) is 0 Å². The quantitative estimate of drug-likeness (QED) is 0.651. The Hall–Kier alpha value is -1.27. The number of anilines is 1. The van der Waals surface area contributed by atoms with Crippen LogP contribution in [0.2, 0.25) is 0 Å². The lowest BCUT2D eigenvalue weighted by atomic mass is 10.2. The highest BCUT2D eigenvalue weighted by Crippen LogP contribution is 2.23. The van der Waals surface area contributed by atoms with Crippen molar-refractivity contribution in [3.8, 4) is 0 Å². The smallest absolute Gasteiger partial charge is 0.310 e. The first-order valence-electron chi connectivity index (χ1n) is 4.75. The van der Waals surface area contributed by atoms with Gasteiger partial charge in [0.2, 0.25) is 0 Å². The standard InChI is InChI=1S/C9H12FN3O2/c10-9-11-2-1-8(12-9)13-4-7(15)3-6(13)5-14/h1-2,6-7,14-15H,3-5H2. The van der Waals surface area contributed by atoms with Crippen molar-refractivity contribution in [2.75, 3.05) is 18.1 Å². The molecule has 1 aromatic rings. The van der Waals surface area contributed by atoms with Gasteiger partial charge in [0, 0.05) is 12.7 Å².